The molecular weight excluding hydrogens is 398 g/mol. The van der Waals surface area contributed by atoms with E-state index in [9.17, 15) is 13.2 Å². The molecule has 2 aromatic rings. The third-order valence-corrected chi connectivity index (χ3v) is 6.23. The normalized spacial score (nSPS) is 16.3. The Labute approximate surface area is 172 Å². The lowest BCUT2D eigenvalue weighted by atomic mass is 10.2. The Morgan fingerprint density at radius 3 is 2.50 bits per heavy atom. The molecule has 0 bridgehead atoms. The van der Waals surface area contributed by atoms with Crippen molar-refractivity contribution >= 4 is 34.0 Å². The van der Waals surface area contributed by atoms with Crippen molar-refractivity contribution in [3.63, 3.8) is 0 Å². The molecule has 0 saturated carbocycles. The van der Waals surface area contributed by atoms with Crippen molar-refractivity contribution in [2.24, 2.45) is 0 Å². The molecule has 3 N–H and O–H groups in total. The molecule has 1 aliphatic rings. The van der Waals surface area contributed by atoms with Crippen molar-refractivity contribution in [3.05, 3.63) is 59.2 Å². The molecule has 28 heavy (non-hydrogen) atoms. The van der Waals surface area contributed by atoms with Gasteiger partial charge in [-0.05, 0) is 74.7 Å². The van der Waals surface area contributed by atoms with Crippen LogP contribution in [0.4, 0.5) is 5.69 Å². The van der Waals surface area contributed by atoms with Gasteiger partial charge in [0.2, 0.25) is 0 Å². The molecule has 0 aliphatic carbocycles. The number of hydrogen-bond acceptors (Lipinski definition) is 4. The predicted molar refractivity (Wildman–Crippen MR) is 114 cm³/mol. The number of halogens is 1. The van der Waals surface area contributed by atoms with Crippen LogP contribution in [0.1, 0.15) is 34.3 Å². The zero-order chi connectivity index (χ0) is 19.4. The van der Waals surface area contributed by atoms with E-state index in [1.165, 1.54) is 0 Å². The van der Waals surface area contributed by atoms with Crippen molar-refractivity contribution in [1.82, 2.24) is 10.6 Å². The summed E-state index contributed by atoms with van der Waals surface area (Å²) in [6.45, 7) is 5.21. The summed E-state index contributed by atoms with van der Waals surface area (Å²) in [6.07, 6.45) is 2.20. The summed E-state index contributed by atoms with van der Waals surface area (Å²) in [5.41, 5.74) is 2.49. The molecule has 152 valence electrons. The molecule has 1 amide bonds. The highest BCUT2D eigenvalue weighted by Gasteiger charge is 2.18. The number of anilines is 1. The number of rotatable bonds is 6. The van der Waals surface area contributed by atoms with Crippen LogP contribution in [0.15, 0.2) is 47.4 Å². The van der Waals surface area contributed by atoms with E-state index < -0.39 is 10.0 Å². The zero-order valence-electron chi connectivity index (χ0n) is 16.0. The van der Waals surface area contributed by atoms with Crippen LogP contribution in [0.2, 0.25) is 0 Å². The third-order valence-electron chi connectivity index (χ3n) is 4.70. The predicted octanol–water partition coefficient (Wildman–Crippen LogP) is 3.01. The monoisotopic (exact) mass is 423 g/mol. The second-order valence-corrected chi connectivity index (χ2v) is 8.61. The van der Waals surface area contributed by atoms with Crippen LogP contribution in [0.25, 0.3) is 0 Å². The van der Waals surface area contributed by atoms with E-state index in [0.29, 0.717) is 29.4 Å². The summed E-state index contributed by atoms with van der Waals surface area (Å²) in [6, 6.07) is 12.1. The van der Waals surface area contributed by atoms with E-state index in [4.69, 9.17) is 0 Å². The van der Waals surface area contributed by atoms with E-state index in [2.05, 4.69) is 15.4 Å². The Hall–Kier alpha value is -2.09. The SMILES string of the molecule is Cc1ccc(C)c(S(=O)(=O)Nc2ccc(C(=O)NCC3CCCN3)cc2)c1.Cl. The van der Waals surface area contributed by atoms with E-state index in [-0.39, 0.29) is 23.2 Å². The standard InChI is InChI=1S/C20H25N3O3S.ClH/c1-14-5-6-15(2)19(12-14)27(25,26)23-17-9-7-16(8-10-17)20(24)22-13-18-4-3-11-21-18;/h5-10,12,18,21,23H,3-4,11,13H2,1-2H3,(H,22,24);1H. The largest absolute Gasteiger partial charge is 0.350 e. The minimum Gasteiger partial charge on any atom is -0.350 e. The lowest BCUT2D eigenvalue weighted by Crippen LogP contribution is -2.37. The number of aryl methyl sites for hydroxylation is 2. The van der Waals surface area contributed by atoms with Gasteiger partial charge in [0.05, 0.1) is 4.90 Å². The Balaban J connectivity index is 0.00000280. The van der Waals surface area contributed by atoms with Crippen molar-refractivity contribution in [2.75, 3.05) is 17.8 Å². The second-order valence-electron chi connectivity index (χ2n) is 6.96. The number of sulfonamides is 1. The first kappa shape index (κ1) is 22.2. The Bertz CT molecular complexity index is 924. The molecule has 1 heterocycles. The minimum absolute atomic E-state index is 0. The summed E-state index contributed by atoms with van der Waals surface area (Å²) in [4.78, 5) is 12.5. The molecule has 0 aromatic heterocycles. The van der Waals surface area contributed by atoms with Crippen LogP contribution in [0.3, 0.4) is 0 Å². The highest BCUT2D eigenvalue weighted by Crippen LogP contribution is 2.21. The maximum atomic E-state index is 12.6. The van der Waals surface area contributed by atoms with E-state index in [0.717, 1.165) is 24.9 Å². The molecule has 1 fully saturated rings. The van der Waals surface area contributed by atoms with Crippen LogP contribution in [-0.2, 0) is 10.0 Å². The van der Waals surface area contributed by atoms with Gasteiger partial charge >= 0.3 is 0 Å². The molecule has 1 saturated heterocycles. The second kappa shape index (κ2) is 9.41. The molecule has 3 rings (SSSR count). The average molecular weight is 424 g/mol. The fourth-order valence-electron chi connectivity index (χ4n) is 3.15. The summed E-state index contributed by atoms with van der Waals surface area (Å²) in [5.74, 6) is -0.160. The van der Waals surface area contributed by atoms with Gasteiger partial charge in [-0.25, -0.2) is 8.42 Å². The summed E-state index contributed by atoms with van der Waals surface area (Å²) >= 11 is 0. The average Bonchev–Trinajstić information content (AvgIpc) is 3.15. The van der Waals surface area contributed by atoms with Crippen molar-refractivity contribution in [3.8, 4) is 0 Å². The number of carbonyl (C=O) groups is 1. The smallest absolute Gasteiger partial charge is 0.262 e. The number of benzene rings is 2. The first-order valence-electron chi connectivity index (χ1n) is 9.07. The van der Waals surface area contributed by atoms with Gasteiger partial charge < -0.3 is 10.6 Å². The molecule has 1 atom stereocenters. The zero-order valence-corrected chi connectivity index (χ0v) is 17.6. The topological polar surface area (TPSA) is 87.3 Å². The minimum atomic E-state index is -3.68. The number of hydrogen-bond donors (Lipinski definition) is 3. The van der Waals surface area contributed by atoms with Gasteiger partial charge in [0.1, 0.15) is 0 Å². The van der Waals surface area contributed by atoms with Crippen LogP contribution in [-0.4, -0.2) is 33.5 Å². The lowest BCUT2D eigenvalue weighted by Gasteiger charge is -2.13. The summed E-state index contributed by atoms with van der Waals surface area (Å²) in [5, 5.41) is 6.24. The fraction of sp³-hybridized carbons (Fsp3) is 0.350. The maximum Gasteiger partial charge on any atom is 0.262 e. The molecule has 6 nitrogen and oxygen atoms in total. The van der Waals surface area contributed by atoms with Gasteiger partial charge in [-0.3, -0.25) is 9.52 Å². The number of carbonyl (C=O) groups excluding carboxylic acids is 1. The summed E-state index contributed by atoms with van der Waals surface area (Å²) < 4.78 is 27.9. The molecule has 2 aromatic carbocycles. The Morgan fingerprint density at radius 1 is 1.14 bits per heavy atom. The molecular formula is C20H26ClN3O3S. The van der Waals surface area contributed by atoms with Gasteiger partial charge in [-0.2, -0.15) is 0 Å². The molecule has 1 aliphatic heterocycles. The van der Waals surface area contributed by atoms with Crippen LogP contribution in [0, 0.1) is 13.8 Å². The Kier molecular flexibility index (Phi) is 7.46. The van der Waals surface area contributed by atoms with E-state index in [1.807, 2.05) is 13.0 Å². The highest BCUT2D eigenvalue weighted by atomic mass is 35.5. The van der Waals surface area contributed by atoms with Crippen LogP contribution < -0.4 is 15.4 Å². The van der Waals surface area contributed by atoms with Gasteiger partial charge in [-0.1, -0.05) is 12.1 Å². The van der Waals surface area contributed by atoms with Crippen LogP contribution >= 0.6 is 12.4 Å². The van der Waals surface area contributed by atoms with E-state index in [1.54, 1.807) is 43.3 Å². The fourth-order valence-corrected chi connectivity index (χ4v) is 4.53. The third kappa shape index (κ3) is 5.47. The first-order valence-corrected chi connectivity index (χ1v) is 10.6. The van der Waals surface area contributed by atoms with Crippen molar-refractivity contribution in [2.45, 2.75) is 37.6 Å². The van der Waals surface area contributed by atoms with Gasteiger partial charge in [0.15, 0.2) is 0 Å². The lowest BCUT2D eigenvalue weighted by molar-refractivity contribution is 0.0950. The van der Waals surface area contributed by atoms with Gasteiger partial charge in [0, 0.05) is 23.8 Å². The number of amides is 1. The highest BCUT2D eigenvalue weighted by molar-refractivity contribution is 7.92. The molecule has 0 spiro atoms. The molecule has 1 unspecified atom stereocenters. The molecule has 0 radical (unpaired) electrons. The van der Waals surface area contributed by atoms with E-state index >= 15 is 0 Å². The van der Waals surface area contributed by atoms with Crippen LogP contribution in [0.5, 0.6) is 0 Å². The van der Waals surface area contributed by atoms with Crippen molar-refractivity contribution < 1.29 is 13.2 Å². The van der Waals surface area contributed by atoms with Crippen molar-refractivity contribution in [1.29, 1.82) is 0 Å². The molecule has 8 heteroatoms. The Morgan fingerprint density at radius 2 is 1.86 bits per heavy atom. The van der Waals surface area contributed by atoms with Gasteiger partial charge in [0.25, 0.3) is 15.9 Å². The quantitative estimate of drug-likeness (QED) is 0.666. The van der Waals surface area contributed by atoms with Gasteiger partial charge in [-0.15, -0.1) is 12.4 Å². The number of nitrogens with one attached hydrogen (secondary N) is 3. The first-order chi connectivity index (χ1) is 12.8. The maximum absolute atomic E-state index is 12.6. The summed E-state index contributed by atoms with van der Waals surface area (Å²) in [7, 11) is -3.68.